The maximum absolute atomic E-state index is 11.0. The zero-order chi connectivity index (χ0) is 11.9. The van der Waals surface area contributed by atoms with Gasteiger partial charge in [0.2, 0.25) is 0 Å². The molecule has 0 bridgehead atoms. The molecule has 5 heteroatoms. The van der Waals surface area contributed by atoms with E-state index in [1.165, 1.54) is 6.33 Å². The molecule has 1 unspecified atom stereocenters. The van der Waals surface area contributed by atoms with E-state index < -0.39 is 11.9 Å². The van der Waals surface area contributed by atoms with Gasteiger partial charge in [0.05, 0.1) is 11.6 Å². The van der Waals surface area contributed by atoms with Crippen LogP contribution in [0.1, 0.15) is 29.0 Å². The average molecular weight is 236 g/mol. The highest BCUT2D eigenvalue weighted by Crippen LogP contribution is 2.32. The van der Waals surface area contributed by atoms with Crippen molar-refractivity contribution in [2.45, 2.75) is 26.7 Å². The van der Waals surface area contributed by atoms with E-state index in [4.69, 9.17) is 5.11 Å². The summed E-state index contributed by atoms with van der Waals surface area (Å²) in [6.45, 7) is 5.64. The summed E-state index contributed by atoms with van der Waals surface area (Å²) in [6.07, 6.45) is 1.44. The van der Waals surface area contributed by atoms with Crippen molar-refractivity contribution in [3.8, 4) is 0 Å². The number of rotatable bonds is 2. The molecule has 2 aromatic heterocycles. The lowest BCUT2D eigenvalue weighted by atomic mass is 10.0. The molecule has 0 aliphatic carbocycles. The van der Waals surface area contributed by atoms with Crippen molar-refractivity contribution in [2.75, 3.05) is 0 Å². The molecule has 0 aliphatic heterocycles. The summed E-state index contributed by atoms with van der Waals surface area (Å²) in [5, 5.41) is 9.94. The van der Waals surface area contributed by atoms with Crippen LogP contribution in [-0.4, -0.2) is 21.0 Å². The molecule has 4 nitrogen and oxygen atoms in total. The minimum absolute atomic E-state index is 0.599. The molecule has 16 heavy (non-hydrogen) atoms. The van der Waals surface area contributed by atoms with Crippen LogP contribution >= 0.6 is 11.3 Å². The van der Waals surface area contributed by atoms with Gasteiger partial charge in [-0.05, 0) is 26.3 Å². The Morgan fingerprint density at radius 1 is 1.44 bits per heavy atom. The van der Waals surface area contributed by atoms with Gasteiger partial charge >= 0.3 is 5.97 Å². The predicted octanol–water partition coefficient (Wildman–Crippen LogP) is 2.50. The maximum atomic E-state index is 11.0. The summed E-state index contributed by atoms with van der Waals surface area (Å²) in [7, 11) is 0. The van der Waals surface area contributed by atoms with Crippen molar-refractivity contribution >= 4 is 27.5 Å². The van der Waals surface area contributed by atoms with Crippen LogP contribution in [0.4, 0.5) is 0 Å². The second kappa shape index (κ2) is 3.83. The summed E-state index contributed by atoms with van der Waals surface area (Å²) in [4.78, 5) is 21.3. The Morgan fingerprint density at radius 2 is 2.12 bits per heavy atom. The molecule has 0 spiro atoms. The van der Waals surface area contributed by atoms with Crippen molar-refractivity contribution in [1.82, 2.24) is 9.97 Å². The Kier molecular flexibility index (Phi) is 2.63. The summed E-state index contributed by atoms with van der Waals surface area (Å²) in [5.74, 6) is -1.46. The van der Waals surface area contributed by atoms with Crippen LogP contribution in [-0.2, 0) is 4.79 Å². The number of thiophene rings is 1. The number of aliphatic carboxylic acids is 1. The Balaban J connectivity index is 2.74. The van der Waals surface area contributed by atoms with Gasteiger partial charge in [0.25, 0.3) is 0 Å². The third kappa shape index (κ3) is 1.57. The zero-order valence-corrected chi connectivity index (χ0v) is 10.1. The third-order valence-corrected chi connectivity index (χ3v) is 3.89. The average Bonchev–Trinajstić information content (AvgIpc) is 2.54. The van der Waals surface area contributed by atoms with Gasteiger partial charge in [-0.25, -0.2) is 9.97 Å². The zero-order valence-electron chi connectivity index (χ0n) is 9.31. The van der Waals surface area contributed by atoms with Crippen molar-refractivity contribution in [1.29, 1.82) is 0 Å². The second-order valence-electron chi connectivity index (χ2n) is 3.78. The summed E-state index contributed by atoms with van der Waals surface area (Å²) < 4.78 is 0. The Labute approximate surface area is 97.0 Å². The highest BCUT2D eigenvalue weighted by molar-refractivity contribution is 7.18. The van der Waals surface area contributed by atoms with Gasteiger partial charge in [-0.3, -0.25) is 4.79 Å². The van der Waals surface area contributed by atoms with Crippen LogP contribution in [0.3, 0.4) is 0 Å². The van der Waals surface area contributed by atoms with Gasteiger partial charge in [-0.15, -0.1) is 11.3 Å². The lowest BCUT2D eigenvalue weighted by Gasteiger charge is -2.07. The Bertz CT molecular complexity index is 562. The molecule has 1 atom stereocenters. The molecule has 0 fully saturated rings. The quantitative estimate of drug-likeness (QED) is 0.870. The molecule has 1 N–H and O–H groups in total. The minimum atomic E-state index is -0.858. The molecule has 0 aliphatic rings. The number of fused-ring (bicyclic) bond motifs is 1. The Hall–Kier alpha value is -1.49. The first-order valence-electron chi connectivity index (χ1n) is 4.95. The fourth-order valence-electron chi connectivity index (χ4n) is 1.65. The van der Waals surface area contributed by atoms with E-state index >= 15 is 0 Å². The molecule has 0 aromatic carbocycles. The normalized spacial score (nSPS) is 12.9. The molecule has 2 heterocycles. The Morgan fingerprint density at radius 3 is 2.75 bits per heavy atom. The first-order chi connectivity index (χ1) is 7.52. The van der Waals surface area contributed by atoms with E-state index in [0.29, 0.717) is 5.69 Å². The predicted molar refractivity (Wildman–Crippen MR) is 62.9 cm³/mol. The van der Waals surface area contributed by atoms with Gasteiger partial charge in [-0.2, -0.15) is 0 Å². The lowest BCUT2D eigenvalue weighted by molar-refractivity contribution is -0.138. The van der Waals surface area contributed by atoms with Crippen LogP contribution < -0.4 is 0 Å². The topological polar surface area (TPSA) is 63.1 Å². The molecule has 2 aromatic rings. The molecule has 0 radical (unpaired) electrons. The van der Waals surface area contributed by atoms with Gasteiger partial charge in [0.1, 0.15) is 11.2 Å². The van der Waals surface area contributed by atoms with Crippen molar-refractivity contribution < 1.29 is 9.90 Å². The highest BCUT2D eigenvalue weighted by atomic mass is 32.1. The van der Waals surface area contributed by atoms with Crippen molar-refractivity contribution in [3.63, 3.8) is 0 Å². The number of aromatic nitrogens is 2. The van der Waals surface area contributed by atoms with Crippen LogP contribution in [0.15, 0.2) is 6.33 Å². The fraction of sp³-hybridized carbons (Fsp3) is 0.364. The fourth-order valence-corrected chi connectivity index (χ4v) is 2.66. The summed E-state index contributed by atoms with van der Waals surface area (Å²) >= 11 is 1.58. The SMILES string of the molecule is Cc1sc2ncnc(C(C)C(=O)O)c2c1C. The number of nitrogens with zero attached hydrogens (tertiary/aromatic N) is 2. The van der Waals surface area contributed by atoms with E-state index in [9.17, 15) is 4.79 Å². The number of aryl methyl sites for hydroxylation is 2. The molecule has 0 saturated heterocycles. The first kappa shape index (κ1) is 11.0. The number of carboxylic acid groups (broad SMARTS) is 1. The largest absolute Gasteiger partial charge is 0.481 e. The maximum Gasteiger partial charge on any atom is 0.312 e. The van der Waals surface area contributed by atoms with Gasteiger partial charge in [-0.1, -0.05) is 0 Å². The first-order valence-corrected chi connectivity index (χ1v) is 5.77. The van der Waals surface area contributed by atoms with Crippen LogP contribution in [0, 0.1) is 13.8 Å². The summed E-state index contributed by atoms with van der Waals surface area (Å²) in [5.41, 5.74) is 1.70. The summed E-state index contributed by atoms with van der Waals surface area (Å²) in [6, 6.07) is 0. The number of hydrogen-bond donors (Lipinski definition) is 1. The van der Waals surface area contributed by atoms with E-state index in [0.717, 1.165) is 20.7 Å². The van der Waals surface area contributed by atoms with Gasteiger partial charge in [0, 0.05) is 10.3 Å². The van der Waals surface area contributed by atoms with E-state index in [1.807, 2.05) is 13.8 Å². The van der Waals surface area contributed by atoms with Gasteiger partial charge < -0.3 is 5.11 Å². The van der Waals surface area contributed by atoms with E-state index in [2.05, 4.69) is 9.97 Å². The number of carbonyl (C=O) groups is 1. The van der Waals surface area contributed by atoms with Crippen LogP contribution in [0.2, 0.25) is 0 Å². The molecule has 2 rings (SSSR count). The molecule has 0 amide bonds. The number of carboxylic acids is 1. The molecular formula is C11H12N2O2S. The van der Waals surface area contributed by atoms with E-state index in [1.54, 1.807) is 18.3 Å². The van der Waals surface area contributed by atoms with E-state index in [-0.39, 0.29) is 0 Å². The van der Waals surface area contributed by atoms with Crippen LogP contribution in [0.25, 0.3) is 10.2 Å². The third-order valence-electron chi connectivity index (χ3n) is 2.78. The minimum Gasteiger partial charge on any atom is -0.481 e. The standard InChI is InChI=1S/C11H12N2O2S/c1-5-7(3)16-10-8(5)9(12-4-13-10)6(2)11(14)15/h4,6H,1-3H3,(H,14,15). The van der Waals surface area contributed by atoms with Crippen molar-refractivity contribution in [2.24, 2.45) is 0 Å². The van der Waals surface area contributed by atoms with Gasteiger partial charge in [0.15, 0.2) is 0 Å². The monoisotopic (exact) mass is 236 g/mol. The van der Waals surface area contributed by atoms with Crippen LogP contribution in [0.5, 0.6) is 0 Å². The van der Waals surface area contributed by atoms with Crippen molar-refractivity contribution in [3.05, 3.63) is 22.5 Å². The number of hydrogen-bond acceptors (Lipinski definition) is 4. The molecule has 84 valence electrons. The smallest absolute Gasteiger partial charge is 0.312 e. The lowest BCUT2D eigenvalue weighted by Crippen LogP contribution is -2.10. The molecule has 0 saturated carbocycles. The second-order valence-corrected chi connectivity index (χ2v) is 4.99. The highest BCUT2D eigenvalue weighted by Gasteiger charge is 2.21. The molecular weight excluding hydrogens is 224 g/mol.